The predicted octanol–water partition coefficient (Wildman–Crippen LogP) is 2.49. The maximum Gasteiger partial charge on any atom is 0.191 e. The summed E-state index contributed by atoms with van der Waals surface area (Å²) in [7, 11) is 5.44. The molecule has 25 heavy (non-hydrogen) atoms. The van der Waals surface area contributed by atoms with Crippen molar-refractivity contribution in [2.75, 3.05) is 40.9 Å². The van der Waals surface area contributed by atoms with Crippen molar-refractivity contribution in [3.8, 4) is 11.5 Å². The number of hydrogen-bond acceptors (Lipinski definition) is 4. The Labute approximate surface area is 152 Å². The summed E-state index contributed by atoms with van der Waals surface area (Å²) in [6, 6.07) is 6.46. The van der Waals surface area contributed by atoms with Crippen LogP contribution in [0.3, 0.4) is 0 Å². The van der Waals surface area contributed by atoms with Crippen LogP contribution < -0.4 is 20.1 Å². The lowest BCUT2D eigenvalue weighted by Gasteiger charge is -2.24. The van der Waals surface area contributed by atoms with Gasteiger partial charge in [0, 0.05) is 25.7 Å². The second-order valence-electron chi connectivity index (χ2n) is 6.05. The number of benzene rings is 1. The summed E-state index contributed by atoms with van der Waals surface area (Å²) in [6.07, 6.45) is 1.16. The van der Waals surface area contributed by atoms with E-state index < -0.39 is 0 Å². The van der Waals surface area contributed by atoms with Crippen molar-refractivity contribution in [3.63, 3.8) is 0 Å². The van der Waals surface area contributed by atoms with Gasteiger partial charge in [-0.3, -0.25) is 0 Å². The minimum absolute atomic E-state index is 0.580. The van der Waals surface area contributed by atoms with E-state index in [1.807, 2.05) is 18.2 Å². The van der Waals surface area contributed by atoms with Crippen molar-refractivity contribution in [1.29, 1.82) is 0 Å². The average molecular weight is 351 g/mol. The first kappa shape index (κ1) is 21.1. The van der Waals surface area contributed by atoms with Gasteiger partial charge in [0.05, 0.1) is 20.8 Å². The van der Waals surface area contributed by atoms with Crippen molar-refractivity contribution in [3.05, 3.63) is 23.8 Å². The molecule has 0 radical (unpaired) electrons. The molecule has 0 bridgehead atoms. The molecule has 1 aromatic carbocycles. The Bertz CT molecular complexity index is 534. The molecule has 0 aliphatic carbocycles. The van der Waals surface area contributed by atoms with E-state index in [0.717, 1.165) is 49.1 Å². The summed E-state index contributed by atoms with van der Waals surface area (Å²) in [5.74, 6) is 2.28. The number of guanidine groups is 1. The van der Waals surface area contributed by atoms with E-state index in [4.69, 9.17) is 9.47 Å². The van der Waals surface area contributed by atoms with Crippen LogP contribution in [0.25, 0.3) is 0 Å². The van der Waals surface area contributed by atoms with Crippen LogP contribution in [0.2, 0.25) is 0 Å². The van der Waals surface area contributed by atoms with Gasteiger partial charge in [-0.05, 0) is 45.0 Å². The van der Waals surface area contributed by atoms with Gasteiger partial charge in [-0.2, -0.15) is 0 Å². The summed E-state index contributed by atoms with van der Waals surface area (Å²) in [5, 5.41) is 6.68. The third-order valence-electron chi connectivity index (χ3n) is 4.31. The molecule has 0 aromatic heterocycles. The fourth-order valence-corrected chi connectivity index (χ4v) is 2.37. The molecule has 1 rings (SSSR count). The smallest absolute Gasteiger partial charge is 0.191 e. The molecule has 0 saturated heterocycles. The van der Waals surface area contributed by atoms with Crippen molar-refractivity contribution in [2.45, 2.75) is 39.8 Å². The Kier molecular flexibility index (Phi) is 9.77. The van der Waals surface area contributed by atoms with Crippen molar-refractivity contribution in [1.82, 2.24) is 15.5 Å². The SMILES string of the molecule is CCNC(=NCc1ccc(OC)c(OC)c1)NCCN(C)C(C)CC. The van der Waals surface area contributed by atoms with Crippen LogP contribution in [-0.4, -0.2) is 57.8 Å². The van der Waals surface area contributed by atoms with Gasteiger partial charge in [0.2, 0.25) is 0 Å². The first-order chi connectivity index (χ1) is 12.0. The number of nitrogens with zero attached hydrogens (tertiary/aromatic N) is 2. The summed E-state index contributed by atoms with van der Waals surface area (Å²) >= 11 is 0. The van der Waals surface area contributed by atoms with E-state index in [1.165, 1.54) is 0 Å². The van der Waals surface area contributed by atoms with Crippen LogP contribution in [0.15, 0.2) is 23.2 Å². The van der Waals surface area contributed by atoms with Gasteiger partial charge in [0.25, 0.3) is 0 Å². The molecule has 1 unspecified atom stereocenters. The lowest BCUT2D eigenvalue weighted by atomic mass is 10.2. The van der Waals surface area contributed by atoms with Crippen LogP contribution in [0.1, 0.15) is 32.8 Å². The van der Waals surface area contributed by atoms with Gasteiger partial charge in [0.1, 0.15) is 0 Å². The molecule has 0 fully saturated rings. The molecule has 142 valence electrons. The average Bonchev–Trinajstić information content (AvgIpc) is 2.64. The second kappa shape index (κ2) is 11.6. The largest absolute Gasteiger partial charge is 0.493 e. The Morgan fingerprint density at radius 2 is 1.88 bits per heavy atom. The molecule has 0 amide bonds. The Balaban J connectivity index is 2.63. The van der Waals surface area contributed by atoms with Crippen LogP contribution in [0.5, 0.6) is 11.5 Å². The summed E-state index contributed by atoms with van der Waals surface area (Å²) in [4.78, 5) is 7.01. The first-order valence-electron chi connectivity index (χ1n) is 8.98. The number of ether oxygens (including phenoxy) is 2. The maximum absolute atomic E-state index is 5.35. The minimum Gasteiger partial charge on any atom is -0.493 e. The molecule has 0 aliphatic rings. The number of aliphatic imine (C=N–C) groups is 1. The molecule has 6 nitrogen and oxygen atoms in total. The van der Waals surface area contributed by atoms with Crippen LogP contribution >= 0.6 is 0 Å². The topological polar surface area (TPSA) is 58.1 Å². The lowest BCUT2D eigenvalue weighted by Crippen LogP contribution is -2.42. The zero-order valence-electron chi connectivity index (χ0n) is 16.6. The highest BCUT2D eigenvalue weighted by molar-refractivity contribution is 5.79. The Hall–Kier alpha value is -1.95. The third-order valence-corrected chi connectivity index (χ3v) is 4.31. The Morgan fingerprint density at radius 3 is 2.48 bits per heavy atom. The van der Waals surface area contributed by atoms with Gasteiger partial charge < -0.3 is 25.0 Å². The molecular formula is C19H34N4O2. The van der Waals surface area contributed by atoms with E-state index >= 15 is 0 Å². The highest BCUT2D eigenvalue weighted by Crippen LogP contribution is 2.27. The Morgan fingerprint density at radius 1 is 1.16 bits per heavy atom. The maximum atomic E-state index is 5.35. The van der Waals surface area contributed by atoms with E-state index in [-0.39, 0.29) is 0 Å². The second-order valence-corrected chi connectivity index (χ2v) is 6.05. The van der Waals surface area contributed by atoms with E-state index in [9.17, 15) is 0 Å². The first-order valence-corrected chi connectivity index (χ1v) is 8.98. The quantitative estimate of drug-likeness (QED) is 0.501. The highest BCUT2D eigenvalue weighted by Gasteiger charge is 2.07. The van der Waals surface area contributed by atoms with Crippen LogP contribution in [-0.2, 0) is 6.54 Å². The van der Waals surface area contributed by atoms with E-state index in [2.05, 4.69) is 48.3 Å². The molecule has 2 N–H and O–H groups in total. The van der Waals surface area contributed by atoms with Gasteiger partial charge in [-0.1, -0.05) is 13.0 Å². The molecule has 1 atom stereocenters. The molecule has 0 saturated carbocycles. The lowest BCUT2D eigenvalue weighted by molar-refractivity contribution is 0.255. The summed E-state index contributed by atoms with van der Waals surface area (Å²) in [6.45, 7) is 9.78. The van der Waals surface area contributed by atoms with Crippen molar-refractivity contribution < 1.29 is 9.47 Å². The molecule has 0 heterocycles. The standard InChI is InChI=1S/C19H34N4O2/c1-7-15(3)23(4)12-11-21-19(20-8-2)22-14-16-9-10-17(24-5)18(13-16)25-6/h9-10,13,15H,7-8,11-12,14H2,1-6H3,(H2,20,21,22). The van der Waals surface area contributed by atoms with Gasteiger partial charge in [0.15, 0.2) is 17.5 Å². The molecule has 0 spiro atoms. The van der Waals surface area contributed by atoms with Gasteiger partial charge in [-0.15, -0.1) is 0 Å². The summed E-state index contributed by atoms with van der Waals surface area (Å²) in [5.41, 5.74) is 1.08. The number of likely N-dealkylation sites (N-methyl/N-ethyl adjacent to an activating group) is 1. The van der Waals surface area contributed by atoms with Crippen LogP contribution in [0.4, 0.5) is 0 Å². The number of hydrogen-bond donors (Lipinski definition) is 2. The number of nitrogens with one attached hydrogen (secondary N) is 2. The van der Waals surface area contributed by atoms with E-state index in [0.29, 0.717) is 12.6 Å². The predicted molar refractivity (Wildman–Crippen MR) is 105 cm³/mol. The zero-order chi connectivity index (χ0) is 18.7. The molecular weight excluding hydrogens is 316 g/mol. The van der Waals surface area contributed by atoms with Crippen LogP contribution in [0, 0.1) is 0 Å². The van der Waals surface area contributed by atoms with Gasteiger partial charge in [-0.25, -0.2) is 4.99 Å². The fourth-order valence-electron chi connectivity index (χ4n) is 2.37. The van der Waals surface area contributed by atoms with E-state index in [1.54, 1.807) is 14.2 Å². The number of rotatable bonds is 10. The highest BCUT2D eigenvalue weighted by atomic mass is 16.5. The summed E-state index contributed by atoms with van der Waals surface area (Å²) < 4.78 is 10.6. The fraction of sp³-hybridized carbons (Fsp3) is 0.632. The van der Waals surface area contributed by atoms with Crippen molar-refractivity contribution >= 4 is 5.96 Å². The molecule has 1 aromatic rings. The normalized spacial score (nSPS) is 12.8. The molecule has 6 heteroatoms. The van der Waals surface area contributed by atoms with Crippen molar-refractivity contribution in [2.24, 2.45) is 4.99 Å². The van der Waals surface area contributed by atoms with Gasteiger partial charge >= 0.3 is 0 Å². The number of methoxy groups -OCH3 is 2. The third kappa shape index (κ3) is 7.22. The molecule has 0 aliphatic heterocycles. The minimum atomic E-state index is 0.580. The monoisotopic (exact) mass is 350 g/mol. The zero-order valence-corrected chi connectivity index (χ0v) is 16.6.